The minimum Gasteiger partial charge on any atom is -0.378 e. The van der Waals surface area contributed by atoms with Crippen LogP contribution in [0.15, 0.2) is 12.2 Å². The highest BCUT2D eigenvalue weighted by Crippen LogP contribution is 2.29. The molecule has 0 saturated carbocycles. The molecule has 0 N–H and O–H groups in total. The third kappa shape index (κ3) is 4.50. The van der Waals surface area contributed by atoms with Crippen LogP contribution in [0.25, 0.3) is 0 Å². The van der Waals surface area contributed by atoms with Crippen LogP contribution in [0.4, 0.5) is 8.78 Å². The highest BCUT2D eigenvalue weighted by molar-refractivity contribution is 5.88. The Morgan fingerprint density at radius 1 is 1.22 bits per heavy atom. The summed E-state index contributed by atoms with van der Waals surface area (Å²) in [6.45, 7) is 3.37. The molecule has 7 heteroatoms. The summed E-state index contributed by atoms with van der Waals surface area (Å²) in [6, 6.07) is 0. The third-order valence-electron chi connectivity index (χ3n) is 4.44. The van der Waals surface area contributed by atoms with Gasteiger partial charge in [-0.2, -0.15) is 0 Å². The van der Waals surface area contributed by atoms with Crippen molar-refractivity contribution in [3.05, 3.63) is 12.2 Å². The monoisotopic (exact) mass is 330 g/mol. The molecule has 130 valence electrons. The van der Waals surface area contributed by atoms with Crippen LogP contribution in [0.5, 0.6) is 0 Å². The number of alkyl halides is 2. The zero-order valence-corrected chi connectivity index (χ0v) is 13.4. The average Bonchev–Trinajstić information content (AvgIpc) is 2.59. The third-order valence-corrected chi connectivity index (χ3v) is 4.44. The summed E-state index contributed by atoms with van der Waals surface area (Å²) in [4.78, 5) is 28.2. The molecule has 1 heterocycles. The van der Waals surface area contributed by atoms with Crippen LogP contribution in [-0.2, 0) is 14.3 Å². The number of ether oxygens (including phenoxy) is 1. The lowest BCUT2D eigenvalue weighted by Crippen LogP contribution is -2.49. The Morgan fingerprint density at radius 3 is 2.39 bits per heavy atom. The van der Waals surface area contributed by atoms with E-state index in [1.165, 1.54) is 0 Å². The van der Waals surface area contributed by atoms with Crippen molar-refractivity contribution in [3.63, 3.8) is 0 Å². The number of hydrogen-bond donors (Lipinski definition) is 0. The maximum absolute atomic E-state index is 12.7. The minimum atomic E-state index is -2.56. The largest absolute Gasteiger partial charge is 0.378 e. The zero-order valence-electron chi connectivity index (χ0n) is 13.4. The number of morpholine rings is 1. The molecule has 0 bridgehead atoms. The van der Waals surface area contributed by atoms with E-state index in [9.17, 15) is 18.4 Å². The van der Waals surface area contributed by atoms with E-state index in [2.05, 4.69) is 0 Å². The lowest BCUT2D eigenvalue weighted by Gasteiger charge is -2.36. The van der Waals surface area contributed by atoms with E-state index in [1.54, 1.807) is 11.8 Å². The molecule has 2 rings (SSSR count). The fourth-order valence-electron chi connectivity index (χ4n) is 3.15. The van der Waals surface area contributed by atoms with Crippen molar-refractivity contribution in [3.8, 4) is 0 Å². The number of rotatable bonds is 5. The maximum Gasteiger partial charge on any atom is 0.255 e. The van der Waals surface area contributed by atoms with Crippen molar-refractivity contribution in [1.82, 2.24) is 9.80 Å². The molecule has 1 aliphatic carbocycles. The number of nitrogens with zero attached hydrogens (tertiary/aromatic N) is 2. The number of hydrogen-bond acceptors (Lipinski definition) is 3. The molecule has 0 radical (unpaired) electrons. The first kappa shape index (κ1) is 17.8. The average molecular weight is 330 g/mol. The van der Waals surface area contributed by atoms with Crippen LogP contribution >= 0.6 is 0 Å². The quantitative estimate of drug-likeness (QED) is 0.719. The molecule has 0 spiro atoms. The van der Waals surface area contributed by atoms with Gasteiger partial charge in [0.2, 0.25) is 11.8 Å². The Morgan fingerprint density at radius 2 is 1.83 bits per heavy atom. The highest BCUT2D eigenvalue weighted by Gasteiger charge is 2.38. The summed E-state index contributed by atoms with van der Waals surface area (Å²) >= 11 is 0. The van der Waals surface area contributed by atoms with Crippen LogP contribution in [-0.4, -0.2) is 67.4 Å². The summed E-state index contributed by atoms with van der Waals surface area (Å²) in [6.07, 6.45) is 2.11. The Balaban J connectivity index is 2.09. The SMILES string of the molecule is CCN(CC(F)F)C(=O)[C@H]1CC=CC[C@@H]1C(=O)N1CCOCC1. The van der Waals surface area contributed by atoms with Gasteiger partial charge in [0.15, 0.2) is 0 Å². The Hall–Kier alpha value is -1.50. The first-order valence-corrected chi connectivity index (χ1v) is 8.13. The predicted molar refractivity (Wildman–Crippen MR) is 81.0 cm³/mol. The van der Waals surface area contributed by atoms with Crippen molar-refractivity contribution in [2.24, 2.45) is 11.8 Å². The predicted octanol–water partition coefficient (Wildman–Crippen LogP) is 1.54. The Labute approximate surface area is 135 Å². The fourth-order valence-corrected chi connectivity index (χ4v) is 3.15. The van der Waals surface area contributed by atoms with E-state index in [1.807, 2.05) is 12.2 Å². The first-order chi connectivity index (χ1) is 11.0. The molecule has 1 saturated heterocycles. The molecule has 1 fully saturated rings. The smallest absolute Gasteiger partial charge is 0.255 e. The molecule has 23 heavy (non-hydrogen) atoms. The van der Waals surface area contributed by atoms with Gasteiger partial charge in [-0.25, -0.2) is 8.78 Å². The molecule has 0 aromatic rings. The molecule has 2 aliphatic rings. The van der Waals surface area contributed by atoms with Gasteiger partial charge in [-0.15, -0.1) is 0 Å². The van der Waals surface area contributed by atoms with Crippen molar-refractivity contribution in [1.29, 1.82) is 0 Å². The molecule has 2 atom stereocenters. The topological polar surface area (TPSA) is 49.9 Å². The van der Waals surface area contributed by atoms with Gasteiger partial charge in [0.25, 0.3) is 6.43 Å². The lowest BCUT2D eigenvalue weighted by atomic mass is 9.81. The number of amides is 2. The van der Waals surface area contributed by atoms with Crippen LogP contribution in [0.3, 0.4) is 0 Å². The van der Waals surface area contributed by atoms with E-state index >= 15 is 0 Å². The number of halogens is 2. The molecular weight excluding hydrogens is 306 g/mol. The molecule has 2 amide bonds. The van der Waals surface area contributed by atoms with E-state index in [4.69, 9.17) is 4.74 Å². The summed E-state index contributed by atoms with van der Waals surface area (Å²) in [5.41, 5.74) is 0. The number of allylic oxidation sites excluding steroid dienone is 2. The fraction of sp³-hybridized carbons (Fsp3) is 0.750. The van der Waals surface area contributed by atoms with Gasteiger partial charge in [0, 0.05) is 19.6 Å². The van der Waals surface area contributed by atoms with Gasteiger partial charge in [-0.05, 0) is 19.8 Å². The van der Waals surface area contributed by atoms with Crippen molar-refractivity contribution < 1.29 is 23.1 Å². The molecule has 0 aromatic heterocycles. The van der Waals surface area contributed by atoms with E-state index in [0.29, 0.717) is 39.1 Å². The van der Waals surface area contributed by atoms with Gasteiger partial charge in [-0.1, -0.05) is 12.2 Å². The van der Waals surface area contributed by atoms with Crippen molar-refractivity contribution in [2.45, 2.75) is 26.2 Å². The van der Waals surface area contributed by atoms with Crippen LogP contribution in [0.1, 0.15) is 19.8 Å². The Kier molecular flexibility index (Phi) is 6.50. The highest BCUT2D eigenvalue weighted by atomic mass is 19.3. The maximum atomic E-state index is 12.7. The zero-order chi connectivity index (χ0) is 16.8. The summed E-state index contributed by atoms with van der Waals surface area (Å²) < 4.78 is 30.5. The van der Waals surface area contributed by atoms with Gasteiger partial charge < -0.3 is 14.5 Å². The number of carbonyl (C=O) groups is 2. The standard InChI is InChI=1S/C16H24F2N2O3/c1-2-19(11-14(17)18)15(21)12-5-3-4-6-13(12)16(22)20-7-9-23-10-8-20/h3-4,12-14H,2,5-11H2,1H3/t12-,13-/m0/s1. The second-order valence-electron chi connectivity index (χ2n) is 5.86. The molecule has 5 nitrogen and oxygen atoms in total. The van der Waals surface area contributed by atoms with Gasteiger partial charge in [0.05, 0.1) is 31.6 Å². The van der Waals surface area contributed by atoms with Crippen molar-refractivity contribution in [2.75, 3.05) is 39.4 Å². The minimum absolute atomic E-state index is 0.0656. The second kappa shape index (κ2) is 8.38. The molecule has 1 aliphatic heterocycles. The first-order valence-electron chi connectivity index (χ1n) is 8.13. The molecule has 0 aromatic carbocycles. The number of carbonyl (C=O) groups excluding carboxylic acids is 2. The van der Waals surface area contributed by atoms with E-state index in [-0.39, 0.29) is 18.4 Å². The Bertz CT molecular complexity index is 451. The second-order valence-corrected chi connectivity index (χ2v) is 5.86. The van der Waals surface area contributed by atoms with E-state index < -0.39 is 24.8 Å². The van der Waals surface area contributed by atoms with Crippen LogP contribution in [0.2, 0.25) is 0 Å². The lowest BCUT2D eigenvalue weighted by molar-refractivity contribution is -0.149. The normalized spacial score (nSPS) is 24.8. The van der Waals surface area contributed by atoms with Crippen LogP contribution in [0, 0.1) is 11.8 Å². The summed E-state index contributed by atoms with van der Waals surface area (Å²) in [7, 11) is 0. The van der Waals surface area contributed by atoms with Gasteiger partial charge in [0.1, 0.15) is 0 Å². The van der Waals surface area contributed by atoms with Gasteiger partial charge in [-0.3, -0.25) is 9.59 Å². The van der Waals surface area contributed by atoms with Crippen LogP contribution < -0.4 is 0 Å². The van der Waals surface area contributed by atoms with Gasteiger partial charge >= 0.3 is 0 Å². The molecular formula is C16H24F2N2O3. The van der Waals surface area contributed by atoms with Crippen molar-refractivity contribution >= 4 is 11.8 Å². The summed E-state index contributed by atoms with van der Waals surface area (Å²) in [5, 5.41) is 0. The molecule has 0 unspecified atom stereocenters. The van der Waals surface area contributed by atoms with E-state index in [0.717, 1.165) is 4.90 Å². The summed E-state index contributed by atoms with van der Waals surface area (Å²) in [5.74, 6) is -1.42.